The van der Waals surface area contributed by atoms with Gasteiger partial charge in [-0.05, 0) is 98.8 Å². The second kappa shape index (κ2) is 11.5. The Balaban J connectivity index is 1.50. The molecule has 1 N–H and O–H groups in total. The molecular formula is C36H39NO2. The Kier molecular flexibility index (Phi) is 7.90. The van der Waals surface area contributed by atoms with E-state index < -0.39 is 6.29 Å². The molecular weight excluding hydrogens is 478 g/mol. The zero-order valence-electron chi connectivity index (χ0n) is 23.4. The van der Waals surface area contributed by atoms with Gasteiger partial charge in [0.1, 0.15) is 5.75 Å². The molecule has 0 aliphatic heterocycles. The maximum atomic E-state index is 10.1. The maximum Gasteiger partial charge on any atom is 0.219 e. The van der Waals surface area contributed by atoms with E-state index in [0.29, 0.717) is 11.3 Å². The lowest BCUT2D eigenvalue weighted by molar-refractivity contribution is 0.0151. The Morgan fingerprint density at radius 2 is 1.10 bits per heavy atom. The van der Waals surface area contributed by atoms with Crippen LogP contribution in [-0.4, -0.2) is 11.4 Å². The first-order chi connectivity index (χ1) is 18.9. The Hall–Kier alpha value is -3.82. The van der Waals surface area contributed by atoms with E-state index in [0.717, 1.165) is 29.9 Å². The highest BCUT2D eigenvalue weighted by molar-refractivity contribution is 5.76. The summed E-state index contributed by atoms with van der Waals surface area (Å²) < 4.78 is 5.65. The van der Waals surface area contributed by atoms with Gasteiger partial charge in [-0.3, -0.25) is 0 Å². The fourth-order valence-corrected chi connectivity index (χ4v) is 5.75. The molecule has 0 spiro atoms. The average molecular weight is 518 g/mol. The minimum Gasteiger partial charge on any atom is -0.461 e. The molecule has 0 amide bonds. The molecule has 5 rings (SSSR count). The lowest BCUT2D eigenvalue weighted by Crippen LogP contribution is -2.30. The molecule has 1 saturated carbocycles. The highest BCUT2D eigenvalue weighted by Gasteiger charge is 2.35. The first kappa shape index (κ1) is 26.8. The Bertz CT molecular complexity index is 1340. The van der Waals surface area contributed by atoms with E-state index in [9.17, 15) is 5.11 Å². The number of benzene rings is 4. The molecule has 0 radical (unpaired) electrons. The van der Waals surface area contributed by atoms with Crippen molar-refractivity contribution in [3.05, 3.63) is 131 Å². The van der Waals surface area contributed by atoms with Crippen molar-refractivity contribution in [2.75, 3.05) is 4.90 Å². The van der Waals surface area contributed by atoms with Gasteiger partial charge in [-0.2, -0.15) is 0 Å². The van der Waals surface area contributed by atoms with Gasteiger partial charge in [0.05, 0.1) is 0 Å². The van der Waals surface area contributed by atoms with E-state index >= 15 is 0 Å². The van der Waals surface area contributed by atoms with Crippen LogP contribution >= 0.6 is 0 Å². The predicted octanol–water partition coefficient (Wildman–Crippen LogP) is 9.30. The second-order valence-electron chi connectivity index (χ2n) is 11.0. The van der Waals surface area contributed by atoms with Crippen LogP contribution in [-0.2, 0) is 5.41 Å². The molecule has 1 fully saturated rings. The molecule has 3 nitrogen and oxygen atoms in total. The molecule has 0 saturated heterocycles. The van der Waals surface area contributed by atoms with Crippen LogP contribution in [0.25, 0.3) is 0 Å². The number of aliphatic hydroxyl groups is 1. The van der Waals surface area contributed by atoms with Crippen LogP contribution in [0.3, 0.4) is 0 Å². The fourth-order valence-electron chi connectivity index (χ4n) is 5.75. The molecule has 1 unspecified atom stereocenters. The summed E-state index contributed by atoms with van der Waals surface area (Å²) in [6, 6.07) is 34.9. The monoisotopic (exact) mass is 517 g/mol. The van der Waals surface area contributed by atoms with E-state index in [2.05, 4.69) is 110 Å². The second-order valence-corrected chi connectivity index (χ2v) is 11.0. The molecule has 4 aromatic rings. The van der Waals surface area contributed by atoms with Crippen molar-refractivity contribution in [1.82, 2.24) is 0 Å². The number of anilines is 3. The molecule has 1 aliphatic carbocycles. The Morgan fingerprint density at radius 3 is 1.54 bits per heavy atom. The minimum absolute atomic E-state index is 0.0270. The number of hydrogen-bond acceptors (Lipinski definition) is 3. The van der Waals surface area contributed by atoms with Gasteiger partial charge >= 0.3 is 0 Å². The molecule has 0 bridgehead atoms. The van der Waals surface area contributed by atoms with Crippen LogP contribution in [0.1, 0.15) is 61.3 Å². The molecule has 1 aliphatic rings. The number of nitrogens with zero attached hydrogens (tertiary/aromatic N) is 1. The molecule has 200 valence electrons. The molecule has 1 atom stereocenters. The van der Waals surface area contributed by atoms with Crippen LogP contribution in [0.15, 0.2) is 109 Å². The van der Waals surface area contributed by atoms with Crippen molar-refractivity contribution in [3.63, 3.8) is 0 Å². The summed E-state index contributed by atoms with van der Waals surface area (Å²) in [6.45, 7) is 9.79. The Labute approximate surface area is 233 Å². The standard InChI is InChI=1S/C36H39NO2/c1-26(2)35(38)39-34-22-14-30(15-23-34)36(24-6-5-7-25-36)29-12-20-33(21-13-29)37(31-16-8-27(3)9-17-31)32-18-10-28(4)11-19-32/h8-23,35,38H,1,5-7,24-25H2,2-4H3. The largest absolute Gasteiger partial charge is 0.461 e. The van der Waals surface area contributed by atoms with Crippen molar-refractivity contribution in [3.8, 4) is 5.75 Å². The van der Waals surface area contributed by atoms with Crippen molar-refractivity contribution in [2.45, 2.75) is 64.6 Å². The van der Waals surface area contributed by atoms with Gasteiger partial charge in [0, 0.05) is 22.5 Å². The van der Waals surface area contributed by atoms with Crippen LogP contribution in [0.4, 0.5) is 17.1 Å². The average Bonchev–Trinajstić information content (AvgIpc) is 2.96. The Morgan fingerprint density at radius 1 is 0.692 bits per heavy atom. The number of hydrogen-bond donors (Lipinski definition) is 1. The molecule has 0 heterocycles. The third-order valence-corrected chi connectivity index (χ3v) is 8.05. The highest BCUT2D eigenvalue weighted by atomic mass is 16.6. The molecule has 3 heteroatoms. The topological polar surface area (TPSA) is 32.7 Å². The first-order valence-corrected chi connectivity index (χ1v) is 14.0. The van der Waals surface area contributed by atoms with E-state index in [1.54, 1.807) is 6.92 Å². The molecule has 39 heavy (non-hydrogen) atoms. The van der Waals surface area contributed by atoms with Gasteiger partial charge in [0.25, 0.3) is 0 Å². The highest BCUT2D eigenvalue weighted by Crippen LogP contribution is 2.46. The third kappa shape index (κ3) is 5.79. The molecule has 4 aromatic carbocycles. The predicted molar refractivity (Wildman–Crippen MR) is 162 cm³/mol. The number of ether oxygens (including phenoxy) is 1. The summed E-state index contributed by atoms with van der Waals surface area (Å²) in [5.41, 5.74) is 9.18. The van der Waals surface area contributed by atoms with Gasteiger partial charge in [-0.1, -0.05) is 85.5 Å². The smallest absolute Gasteiger partial charge is 0.219 e. The van der Waals surface area contributed by atoms with Gasteiger partial charge < -0.3 is 14.7 Å². The van der Waals surface area contributed by atoms with Crippen LogP contribution < -0.4 is 9.64 Å². The van der Waals surface area contributed by atoms with Crippen LogP contribution in [0, 0.1) is 13.8 Å². The lowest BCUT2D eigenvalue weighted by Gasteiger charge is -2.39. The van der Waals surface area contributed by atoms with Crippen molar-refractivity contribution in [2.24, 2.45) is 0 Å². The summed E-state index contributed by atoms with van der Waals surface area (Å²) in [5.74, 6) is 0.655. The maximum absolute atomic E-state index is 10.1. The summed E-state index contributed by atoms with van der Waals surface area (Å²) >= 11 is 0. The lowest BCUT2D eigenvalue weighted by atomic mass is 9.65. The van der Waals surface area contributed by atoms with E-state index in [1.165, 1.54) is 41.5 Å². The summed E-state index contributed by atoms with van der Waals surface area (Å²) in [7, 11) is 0. The van der Waals surface area contributed by atoms with Gasteiger partial charge in [0.2, 0.25) is 6.29 Å². The van der Waals surface area contributed by atoms with E-state index in [1.807, 2.05) is 12.1 Å². The third-order valence-electron chi connectivity index (χ3n) is 8.05. The van der Waals surface area contributed by atoms with Gasteiger partial charge in [0.15, 0.2) is 0 Å². The van der Waals surface area contributed by atoms with Crippen molar-refractivity contribution < 1.29 is 9.84 Å². The number of rotatable bonds is 8. The normalized spacial score (nSPS) is 15.4. The minimum atomic E-state index is -0.989. The zero-order valence-corrected chi connectivity index (χ0v) is 23.4. The van der Waals surface area contributed by atoms with Gasteiger partial charge in [-0.15, -0.1) is 0 Å². The van der Waals surface area contributed by atoms with Crippen molar-refractivity contribution >= 4 is 17.1 Å². The molecule has 0 aromatic heterocycles. The fraction of sp³-hybridized carbons (Fsp3) is 0.278. The van der Waals surface area contributed by atoms with Crippen LogP contribution in [0.5, 0.6) is 5.75 Å². The number of aliphatic hydroxyl groups excluding tert-OH is 1. The SMILES string of the molecule is C=C(C)C(O)Oc1ccc(C2(c3ccc(N(c4ccc(C)cc4)c4ccc(C)cc4)cc3)CCCCC2)cc1. The van der Waals surface area contributed by atoms with E-state index in [4.69, 9.17) is 4.74 Å². The summed E-state index contributed by atoms with van der Waals surface area (Å²) in [6.07, 6.45) is 4.97. The van der Waals surface area contributed by atoms with E-state index in [-0.39, 0.29) is 5.41 Å². The quantitative estimate of drug-likeness (QED) is 0.187. The zero-order chi connectivity index (χ0) is 27.4. The summed E-state index contributed by atoms with van der Waals surface area (Å²) in [4.78, 5) is 2.33. The van der Waals surface area contributed by atoms with Crippen molar-refractivity contribution in [1.29, 1.82) is 0 Å². The van der Waals surface area contributed by atoms with Crippen LogP contribution in [0.2, 0.25) is 0 Å². The summed E-state index contributed by atoms with van der Waals surface area (Å²) in [5, 5.41) is 10.1. The first-order valence-electron chi connectivity index (χ1n) is 14.0. The van der Waals surface area contributed by atoms with Gasteiger partial charge in [-0.25, -0.2) is 0 Å². The number of aryl methyl sites for hydroxylation is 2.